The molecule has 0 radical (unpaired) electrons. The molecular formula is C11H12FN. The van der Waals surface area contributed by atoms with Crippen LogP contribution in [0.2, 0.25) is 0 Å². The third-order valence-corrected chi connectivity index (χ3v) is 2.41. The molecule has 0 aliphatic heterocycles. The van der Waals surface area contributed by atoms with E-state index in [9.17, 15) is 4.39 Å². The van der Waals surface area contributed by atoms with E-state index in [0.717, 1.165) is 17.3 Å². The Bertz CT molecular complexity index is 443. The van der Waals surface area contributed by atoms with Crippen LogP contribution in [0.4, 0.5) is 4.39 Å². The minimum atomic E-state index is -0.159. The predicted molar refractivity (Wildman–Crippen MR) is 52.3 cm³/mol. The largest absolute Gasteiger partial charge is 0.350 e. The van der Waals surface area contributed by atoms with E-state index in [1.165, 1.54) is 11.6 Å². The number of benzene rings is 1. The lowest BCUT2D eigenvalue weighted by Gasteiger charge is -1.95. The Hall–Kier alpha value is -1.31. The number of rotatable bonds is 1. The first-order valence-corrected chi connectivity index (χ1v) is 4.46. The van der Waals surface area contributed by atoms with E-state index in [1.54, 1.807) is 6.07 Å². The summed E-state index contributed by atoms with van der Waals surface area (Å²) in [4.78, 5) is 0. The second-order valence-corrected chi connectivity index (χ2v) is 3.28. The van der Waals surface area contributed by atoms with Gasteiger partial charge in [-0.25, -0.2) is 4.39 Å². The van der Waals surface area contributed by atoms with Gasteiger partial charge in [0.05, 0.1) is 0 Å². The van der Waals surface area contributed by atoms with Crippen molar-refractivity contribution in [3.8, 4) is 0 Å². The van der Waals surface area contributed by atoms with Crippen LogP contribution < -0.4 is 0 Å². The van der Waals surface area contributed by atoms with Crippen LogP contribution >= 0.6 is 0 Å². The summed E-state index contributed by atoms with van der Waals surface area (Å²) in [5.41, 5.74) is 2.30. The Labute approximate surface area is 76.8 Å². The summed E-state index contributed by atoms with van der Waals surface area (Å²) >= 11 is 0. The molecule has 0 aliphatic rings. The summed E-state index contributed by atoms with van der Waals surface area (Å²) in [5.74, 6) is -0.159. The van der Waals surface area contributed by atoms with Crippen LogP contribution in [0.15, 0.2) is 24.4 Å². The highest BCUT2D eigenvalue weighted by Gasteiger charge is 2.04. The molecule has 0 bridgehead atoms. The van der Waals surface area contributed by atoms with Crippen molar-refractivity contribution in [2.24, 2.45) is 7.05 Å². The zero-order valence-electron chi connectivity index (χ0n) is 7.84. The lowest BCUT2D eigenvalue weighted by atomic mass is 10.1. The fourth-order valence-corrected chi connectivity index (χ4v) is 1.73. The Morgan fingerprint density at radius 2 is 2.15 bits per heavy atom. The first-order valence-electron chi connectivity index (χ1n) is 4.46. The zero-order chi connectivity index (χ0) is 9.42. The second-order valence-electron chi connectivity index (χ2n) is 3.28. The van der Waals surface area contributed by atoms with Gasteiger partial charge in [0.15, 0.2) is 0 Å². The van der Waals surface area contributed by atoms with Crippen molar-refractivity contribution in [1.82, 2.24) is 4.57 Å². The van der Waals surface area contributed by atoms with Crippen LogP contribution in [0.5, 0.6) is 0 Å². The summed E-state index contributed by atoms with van der Waals surface area (Å²) < 4.78 is 15.0. The molecule has 0 atom stereocenters. The van der Waals surface area contributed by atoms with Gasteiger partial charge in [0.1, 0.15) is 5.82 Å². The van der Waals surface area contributed by atoms with Gasteiger partial charge in [-0.05, 0) is 30.2 Å². The summed E-state index contributed by atoms with van der Waals surface area (Å²) in [7, 11) is 1.99. The fraction of sp³-hybridized carbons (Fsp3) is 0.273. The smallest absolute Gasteiger partial charge is 0.123 e. The summed E-state index contributed by atoms with van der Waals surface area (Å²) in [6, 6.07) is 4.93. The predicted octanol–water partition coefficient (Wildman–Crippen LogP) is 2.88. The Balaban J connectivity index is 2.81. The summed E-state index contributed by atoms with van der Waals surface area (Å²) in [5, 5.41) is 1.03. The summed E-state index contributed by atoms with van der Waals surface area (Å²) in [6.45, 7) is 2.08. The van der Waals surface area contributed by atoms with Gasteiger partial charge in [-0.15, -0.1) is 0 Å². The molecule has 0 saturated heterocycles. The first-order chi connectivity index (χ1) is 6.22. The molecule has 2 aromatic rings. The van der Waals surface area contributed by atoms with Gasteiger partial charge in [0.2, 0.25) is 0 Å². The van der Waals surface area contributed by atoms with E-state index in [0.29, 0.717) is 0 Å². The number of aryl methyl sites for hydroxylation is 2. The molecular weight excluding hydrogens is 165 g/mol. The van der Waals surface area contributed by atoms with Gasteiger partial charge in [0.25, 0.3) is 0 Å². The van der Waals surface area contributed by atoms with Crippen molar-refractivity contribution >= 4 is 10.9 Å². The van der Waals surface area contributed by atoms with E-state index in [-0.39, 0.29) is 5.82 Å². The van der Waals surface area contributed by atoms with Crippen LogP contribution in [-0.2, 0) is 13.5 Å². The Morgan fingerprint density at radius 1 is 1.38 bits per heavy atom. The van der Waals surface area contributed by atoms with Crippen LogP contribution in [-0.4, -0.2) is 4.57 Å². The highest BCUT2D eigenvalue weighted by Crippen LogP contribution is 2.21. The van der Waals surface area contributed by atoms with Crippen LogP contribution in [0.3, 0.4) is 0 Å². The van der Waals surface area contributed by atoms with E-state index in [4.69, 9.17) is 0 Å². The molecule has 0 unspecified atom stereocenters. The quantitative estimate of drug-likeness (QED) is 0.631. The maximum atomic E-state index is 13.0. The van der Waals surface area contributed by atoms with E-state index < -0.39 is 0 Å². The van der Waals surface area contributed by atoms with Crippen molar-refractivity contribution < 1.29 is 4.39 Å². The third-order valence-electron chi connectivity index (χ3n) is 2.41. The van der Waals surface area contributed by atoms with Crippen molar-refractivity contribution in [1.29, 1.82) is 0 Å². The average Bonchev–Trinajstić information content (AvgIpc) is 2.42. The van der Waals surface area contributed by atoms with Gasteiger partial charge < -0.3 is 4.57 Å². The molecule has 0 aliphatic carbocycles. The average molecular weight is 177 g/mol. The molecule has 1 nitrogen and oxygen atoms in total. The highest BCUT2D eigenvalue weighted by atomic mass is 19.1. The lowest BCUT2D eigenvalue weighted by molar-refractivity contribution is 0.629. The number of hydrogen-bond acceptors (Lipinski definition) is 0. The van der Waals surface area contributed by atoms with E-state index in [1.807, 2.05) is 17.7 Å². The number of aromatic nitrogens is 1. The normalized spacial score (nSPS) is 11.0. The minimum absolute atomic E-state index is 0.159. The standard InChI is InChI=1S/C11H12FN/c1-3-8-7-13(2)11-5-4-9(12)6-10(8)11/h4-7H,3H2,1-2H3. The number of fused-ring (bicyclic) bond motifs is 1. The van der Waals surface area contributed by atoms with Crippen LogP contribution in [0.25, 0.3) is 10.9 Å². The number of hydrogen-bond donors (Lipinski definition) is 0. The molecule has 13 heavy (non-hydrogen) atoms. The molecule has 0 amide bonds. The molecule has 0 N–H and O–H groups in total. The van der Waals surface area contributed by atoms with Crippen molar-refractivity contribution in [3.63, 3.8) is 0 Å². The molecule has 1 aromatic heterocycles. The summed E-state index contributed by atoms with van der Waals surface area (Å²) in [6.07, 6.45) is 3.00. The third kappa shape index (κ3) is 1.22. The number of halogens is 1. The van der Waals surface area contributed by atoms with Gasteiger partial charge in [-0.2, -0.15) is 0 Å². The van der Waals surface area contributed by atoms with E-state index >= 15 is 0 Å². The first kappa shape index (κ1) is 8.30. The van der Waals surface area contributed by atoms with Crippen LogP contribution in [0, 0.1) is 5.82 Å². The lowest BCUT2D eigenvalue weighted by Crippen LogP contribution is -1.83. The fourth-order valence-electron chi connectivity index (χ4n) is 1.73. The molecule has 1 aromatic carbocycles. The van der Waals surface area contributed by atoms with Crippen molar-refractivity contribution in [2.45, 2.75) is 13.3 Å². The minimum Gasteiger partial charge on any atom is -0.350 e. The van der Waals surface area contributed by atoms with Crippen molar-refractivity contribution in [2.75, 3.05) is 0 Å². The van der Waals surface area contributed by atoms with Gasteiger partial charge in [0, 0.05) is 24.1 Å². The maximum absolute atomic E-state index is 13.0. The zero-order valence-corrected chi connectivity index (χ0v) is 7.84. The molecule has 0 spiro atoms. The number of nitrogens with zero attached hydrogens (tertiary/aromatic N) is 1. The van der Waals surface area contributed by atoms with Gasteiger partial charge in [-0.1, -0.05) is 6.92 Å². The second kappa shape index (κ2) is 2.87. The molecule has 0 saturated carbocycles. The maximum Gasteiger partial charge on any atom is 0.123 e. The van der Waals surface area contributed by atoms with Crippen molar-refractivity contribution in [3.05, 3.63) is 35.8 Å². The van der Waals surface area contributed by atoms with Gasteiger partial charge in [-0.3, -0.25) is 0 Å². The molecule has 0 fully saturated rings. The van der Waals surface area contributed by atoms with Crippen LogP contribution in [0.1, 0.15) is 12.5 Å². The Kier molecular flexibility index (Phi) is 1.83. The van der Waals surface area contributed by atoms with Gasteiger partial charge >= 0.3 is 0 Å². The monoisotopic (exact) mass is 177 g/mol. The SMILES string of the molecule is CCc1cn(C)c2ccc(F)cc12. The molecule has 1 heterocycles. The Morgan fingerprint density at radius 3 is 2.85 bits per heavy atom. The molecule has 2 heteroatoms. The highest BCUT2D eigenvalue weighted by molar-refractivity contribution is 5.83. The molecule has 2 rings (SSSR count). The topological polar surface area (TPSA) is 4.93 Å². The van der Waals surface area contributed by atoms with E-state index in [2.05, 4.69) is 13.1 Å². The molecule has 68 valence electrons.